The number of fused-ring (bicyclic) bond motifs is 3. The van der Waals surface area contributed by atoms with Gasteiger partial charge in [-0.15, -0.1) is 0 Å². The molecule has 0 amide bonds. The van der Waals surface area contributed by atoms with Crippen molar-refractivity contribution in [2.24, 2.45) is 0 Å². The van der Waals surface area contributed by atoms with Crippen molar-refractivity contribution >= 4 is 0 Å². The molecule has 35 heavy (non-hydrogen) atoms. The van der Waals surface area contributed by atoms with E-state index in [4.69, 9.17) is 0 Å². The Morgan fingerprint density at radius 2 is 1.17 bits per heavy atom. The molecule has 0 bridgehead atoms. The van der Waals surface area contributed by atoms with Crippen LogP contribution in [0.1, 0.15) is 62.9 Å². The van der Waals surface area contributed by atoms with E-state index < -0.39 is 0 Å². The number of phenols is 1. The Morgan fingerprint density at radius 1 is 0.629 bits per heavy atom. The number of hydrogen-bond donors (Lipinski definition) is 1. The van der Waals surface area contributed by atoms with Crippen LogP contribution in [-0.2, 0) is 19.3 Å². The predicted molar refractivity (Wildman–Crippen MR) is 149 cm³/mol. The predicted octanol–water partition coefficient (Wildman–Crippen LogP) is 8.74. The van der Waals surface area contributed by atoms with Gasteiger partial charge in [-0.2, -0.15) is 0 Å². The fourth-order valence-corrected chi connectivity index (χ4v) is 6.31. The van der Waals surface area contributed by atoms with Gasteiger partial charge in [0.25, 0.3) is 0 Å². The highest BCUT2D eigenvalue weighted by atomic mass is 16.3. The van der Waals surface area contributed by atoms with E-state index in [1.165, 1.54) is 61.2 Å². The smallest absolute Gasteiger partial charge is 0.126 e. The van der Waals surface area contributed by atoms with Gasteiger partial charge < -0.3 is 5.11 Å². The monoisotopic (exact) mass is 460 g/mol. The Hall–Kier alpha value is -3.32. The molecule has 4 aromatic carbocycles. The number of rotatable bonds is 6. The van der Waals surface area contributed by atoms with E-state index in [0.29, 0.717) is 5.75 Å². The van der Waals surface area contributed by atoms with Gasteiger partial charge >= 0.3 is 0 Å². The number of benzene rings is 4. The van der Waals surface area contributed by atoms with E-state index in [2.05, 4.69) is 95.3 Å². The summed E-state index contributed by atoms with van der Waals surface area (Å²) < 4.78 is 0. The maximum Gasteiger partial charge on any atom is 0.126 e. The van der Waals surface area contributed by atoms with Crippen LogP contribution in [-0.4, -0.2) is 5.11 Å². The third-order valence-corrected chi connectivity index (χ3v) is 7.68. The second kappa shape index (κ2) is 9.38. The minimum atomic E-state index is 0.449. The topological polar surface area (TPSA) is 20.2 Å². The highest BCUT2D eigenvalue weighted by Gasteiger charge is 2.22. The van der Waals surface area contributed by atoms with Gasteiger partial charge in [0, 0.05) is 5.56 Å². The molecule has 0 aromatic heterocycles. The van der Waals surface area contributed by atoms with Gasteiger partial charge in [0.1, 0.15) is 5.75 Å². The van der Waals surface area contributed by atoms with Gasteiger partial charge in [-0.25, -0.2) is 0 Å². The largest absolute Gasteiger partial charge is 0.507 e. The van der Waals surface area contributed by atoms with Crippen LogP contribution in [0.15, 0.2) is 60.7 Å². The highest BCUT2D eigenvalue weighted by molar-refractivity contribution is 5.81. The summed E-state index contributed by atoms with van der Waals surface area (Å²) in [6.07, 6.45) is 5.24. The zero-order valence-electron chi connectivity index (χ0n) is 21.8. The molecule has 0 aliphatic heterocycles. The molecule has 0 saturated heterocycles. The lowest BCUT2D eigenvalue weighted by Gasteiger charge is -2.15. The zero-order chi connectivity index (χ0) is 24.7. The lowest BCUT2D eigenvalue weighted by molar-refractivity contribution is 0.468. The Labute approximate surface area is 210 Å². The van der Waals surface area contributed by atoms with Crippen LogP contribution in [0.25, 0.3) is 22.3 Å². The zero-order valence-corrected chi connectivity index (χ0v) is 21.8. The summed E-state index contributed by atoms with van der Waals surface area (Å²) in [6.45, 7) is 10.8. The van der Waals surface area contributed by atoms with Crippen molar-refractivity contribution in [1.29, 1.82) is 0 Å². The van der Waals surface area contributed by atoms with Crippen LogP contribution >= 0.6 is 0 Å². The quantitative estimate of drug-likeness (QED) is 0.251. The minimum absolute atomic E-state index is 0.449. The number of phenolic OH excluding ortho intramolecular Hbond substituents is 1. The molecule has 1 aliphatic carbocycles. The summed E-state index contributed by atoms with van der Waals surface area (Å²) in [5.74, 6) is 0.449. The fourth-order valence-electron chi connectivity index (χ4n) is 6.31. The highest BCUT2D eigenvalue weighted by Crippen LogP contribution is 2.41. The molecule has 4 aromatic rings. The van der Waals surface area contributed by atoms with Gasteiger partial charge in [0.15, 0.2) is 0 Å². The van der Waals surface area contributed by atoms with Gasteiger partial charge in [0.2, 0.25) is 0 Å². The number of aromatic hydroxyl groups is 1. The summed E-state index contributed by atoms with van der Waals surface area (Å²) in [4.78, 5) is 0. The maximum absolute atomic E-state index is 11.2. The molecule has 0 heterocycles. The first-order chi connectivity index (χ1) is 16.8. The second-order valence-corrected chi connectivity index (χ2v) is 10.5. The summed E-state index contributed by atoms with van der Waals surface area (Å²) >= 11 is 0. The van der Waals surface area contributed by atoms with Crippen LogP contribution < -0.4 is 0 Å². The van der Waals surface area contributed by atoms with Crippen molar-refractivity contribution in [3.63, 3.8) is 0 Å². The third kappa shape index (κ3) is 4.41. The van der Waals surface area contributed by atoms with E-state index in [1.54, 1.807) is 0 Å². The number of para-hydroxylation sites is 1. The molecule has 1 aliphatic rings. The number of hydrogen-bond acceptors (Lipinski definition) is 1. The van der Waals surface area contributed by atoms with E-state index in [-0.39, 0.29) is 0 Å². The summed E-state index contributed by atoms with van der Waals surface area (Å²) in [6, 6.07) is 22.1. The average Bonchev–Trinajstić information content (AvgIpc) is 3.17. The molecule has 0 saturated carbocycles. The third-order valence-electron chi connectivity index (χ3n) is 7.68. The molecule has 5 rings (SSSR count). The number of aryl methyl sites for hydroxylation is 7. The Kier molecular flexibility index (Phi) is 6.28. The fraction of sp³-hybridized carbons (Fsp3) is 0.294. The maximum atomic E-state index is 11.2. The minimum Gasteiger partial charge on any atom is -0.507 e. The summed E-state index contributed by atoms with van der Waals surface area (Å²) in [7, 11) is 0. The normalized spacial score (nSPS) is 12.0. The molecule has 1 nitrogen and oxygen atoms in total. The Morgan fingerprint density at radius 3 is 1.86 bits per heavy atom. The van der Waals surface area contributed by atoms with E-state index >= 15 is 0 Å². The van der Waals surface area contributed by atoms with Crippen molar-refractivity contribution in [1.82, 2.24) is 0 Å². The average molecular weight is 461 g/mol. The first-order valence-corrected chi connectivity index (χ1v) is 12.9. The van der Waals surface area contributed by atoms with Crippen molar-refractivity contribution < 1.29 is 5.11 Å². The molecule has 1 N–H and O–H groups in total. The van der Waals surface area contributed by atoms with Crippen molar-refractivity contribution in [3.05, 3.63) is 111 Å². The standard InChI is InChI=1S/C34H36O/c1-21-16-23(3)32(24(4)17-21)30-15-9-13-27(34(30)35)11-7-6-10-26-12-8-14-29-31(26)20-28-19-22(2)18-25(5)33(28)29/h8-9,12-19,35H,6-7,10-11,20H2,1-5H3. The van der Waals surface area contributed by atoms with Gasteiger partial charge in [-0.05, 0) is 122 Å². The molecule has 0 spiro atoms. The molecular formula is C34H36O. The Bertz CT molecular complexity index is 1400. The van der Waals surface area contributed by atoms with E-state index in [9.17, 15) is 5.11 Å². The van der Waals surface area contributed by atoms with Crippen LogP contribution in [0, 0.1) is 34.6 Å². The SMILES string of the molecule is Cc1cc(C)c(-c2cccc(CCCCc3cccc4c3Cc3cc(C)cc(C)c3-4)c2O)c(C)c1. The van der Waals surface area contributed by atoms with Crippen LogP contribution in [0.3, 0.4) is 0 Å². The lowest BCUT2D eigenvalue weighted by Crippen LogP contribution is -1.96. The van der Waals surface area contributed by atoms with Crippen molar-refractivity contribution in [3.8, 4) is 28.0 Å². The van der Waals surface area contributed by atoms with Crippen molar-refractivity contribution in [2.45, 2.75) is 66.7 Å². The molecule has 0 radical (unpaired) electrons. The van der Waals surface area contributed by atoms with Gasteiger partial charge in [-0.3, -0.25) is 0 Å². The van der Waals surface area contributed by atoms with Crippen molar-refractivity contribution in [2.75, 3.05) is 0 Å². The van der Waals surface area contributed by atoms with Crippen LogP contribution in [0.4, 0.5) is 0 Å². The van der Waals surface area contributed by atoms with Gasteiger partial charge in [0.05, 0.1) is 0 Å². The molecule has 1 heteroatoms. The summed E-state index contributed by atoms with van der Waals surface area (Å²) in [5, 5.41) is 11.2. The first kappa shape index (κ1) is 23.4. The molecule has 0 atom stereocenters. The van der Waals surface area contributed by atoms with E-state index in [0.717, 1.165) is 43.2 Å². The molecule has 178 valence electrons. The molecule has 0 unspecified atom stereocenters. The van der Waals surface area contributed by atoms with Crippen LogP contribution in [0.5, 0.6) is 5.75 Å². The number of unbranched alkanes of at least 4 members (excludes halogenated alkanes) is 1. The van der Waals surface area contributed by atoms with Gasteiger partial charge in [-0.1, -0.05) is 71.8 Å². The van der Waals surface area contributed by atoms with E-state index in [1.807, 2.05) is 0 Å². The van der Waals surface area contributed by atoms with Crippen LogP contribution in [0.2, 0.25) is 0 Å². The second-order valence-electron chi connectivity index (χ2n) is 10.5. The lowest BCUT2D eigenvalue weighted by atomic mass is 9.91. The Balaban J connectivity index is 1.30. The first-order valence-electron chi connectivity index (χ1n) is 12.9. The summed E-state index contributed by atoms with van der Waals surface area (Å²) in [5.41, 5.74) is 17.0. The molecule has 0 fully saturated rings. The molecular weight excluding hydrogens is 424 g/mol.